The van der Waals surface area contributed by atoms with Crippen LogP contribution in [-0.4, -0.2) is 73.1 Å². The second-order valence-electron chi connectivity index (χ2n) is 12.9. The first-order chi connectivity index (χ1) is 21.5. The molecule has 0 radical (unpaired) electrons. The molecule has 0 saturated heterocycles. The van der Waals surface area contributed by atoms with Crippen molar-refractivity contribution in [2.75, 3.05) is 20.2 Å². The van der Waals surface area contributed by atoms with Crippen molar-refractivity contribution < 1.29 is 32.3 Å². The quantitative estimate of drug-likeness (QED) is 0.440. The first-order valence-corrected chi connectivity index (χ1v) is 17.6. The van der Waals surface area contributed by atoms with E-state index in [0.717, 1.165) is 35.7 Å². The SMILES string of the molecule is CCOc1cc(OC2CC3C(=O)NC4(C(=O)NS(=O)(=O)C5CC5)CC4C=CCCCCN(C)C(=O)C3C2)c2cccc(C)c2n1. The lowest BCUT2D eigenvalue weighted by atomic mass is 9.93. The number of ether oxygens (including phenoxy) is 2. The maximum atomic E-state index is 14.0. The standard InChI is InChI=1S/C33H42N4O7S/c1-4-43-28-18-27(24-12-9-10-20(2)29(24)34-28)44-22-16-25-26(17-22)31(39)37(3)15-8-6-5-7-11-21-19-33(21,35-30(25)38)32(40)36-45(41,42)23-13-14-23/h7,9-12,18,21-23,25-26H,4-6,8,13-17,19H2,1-3H3,(H,35,38)(H,36,40). The number of hydrogen-bond acceptors (Lipinski definition) is 8. The summed E-state index contributed by atoms with van der Waals surface area (Å²) in [6.07, 6.45) is 7.76. The van der Waals surface area contributed by atoms with Crippen molar-refractivity contribution in [2.45, 2.75) is 82.1 Å². The van der Waals surface area contributed by atoms with Gasteiger partial charge in [-0.25, -0.2) is 13.4 Å². The minimum absolute atomic E-state index is 0.138. The Morgan fingerprint density at radius 2 is 1.96 bits per heavy atom. The highest BCUT2D eigenvalue weighted by Crippen LogP contribution is 2.47. The van der Waals surface area contributed by atoms with E-state index < -0.39 is 50.6 Å². The number of allylic oxidation sites excluding steroid dienone is 1. The van der Waals surface area contributed by atoms with Crippen LogP contribution in [0.25, 0.3) is 10.9 Å². The Kier molecular flexibility index (Phi) is 8.53. The minimum Gasteiger partial charge on any atom is -0.489 e. The molecule has 1 aromatic heterocycles. The lowest BCUT2D eigenvalue weighted by molar-refractivity contribution is -0.140. The number of para-hydroxylation sites is 1. The van der Waals surface area contributed by atoms with E-state index in [9.17, 15) is 22.8 Å². The molecule has 1 aromatic carbocycles. The van der Waals surface area contributed by atoms with Gasteiger partial charge in [0.05, 0.1) is 29.2 Å². The fraction of sp³-hybridized carbons (Fsp3) is 0.576. The Morgan fingerprint density at radius 1 is 1.18 bits per heavy atom. The molecular formula is C33H42N4O7S. The first kappa shape index (κ1) is 31.3. The van der Waals surface area contributed by atoms with Crippen LogP contribution in [-0.2, 0) is 24.4 Å². The van der Waals surface area contributed by atoms with Crippen LogP contribution in [0, 0.1) is 24.7 Å². The van der Waals surface area contributed by atoms with Gasteiger partial charge in [-0.3, -0.25) is 19.1 Å². The Hall–Kier alpha value is -3.67. The molecule has 3 fully saturated rings. The number of pyridine rings is 1. The third-order valence-electron chi connectivity index (χ3n) is 9.56. The van der Waals surface area contributed by atoms with Crippen molar-refractivity contribution in [3.63, 3.8) is 0 Å². The number of nitrogens with zero attached hydrogens (tertiary/aromatic N) is 2. The van der Waals surface area contributed by atoms with Crippen LogP contribution >= 0.6 is 0 Å². The number of sulfonamides is 1. The first-order valence-electron chi connectivity index (χ1n) is 16.0. The summed E-state index contributed by atoms with van der Waals surface area (Å²) in [6.45, 7) is 4.86. The molecule has 3 amide bonds. The number of aromatic nitrogens is 1. The molecule has 2 N–H and O–H groups in total. The fourth-order valence-corrected chi connectivity index (χ4v) is 8.09. The van der Waals surface area contributed by atoms with E-state index in [1.165, 1.54) is 0 Å². The third kappa shape index (κ3) is 6.39. The van der Waals surface area contributed by atoms with Crippen LogP contribution < -0.4 is 19.5 Å². The number of carbonyl (C=O) groups is 3. The molecule has 2 heterocycles. The topological polar surface area (TPSA) is 144 Å². The Labute approximate surface area is 264 Å². The molecule has 1 aliphatic heterocycles. The van der Waals surface area contributed by atoms with Crippen LogP contribution in [0.3, 0.4) is 0 Å². The van der Waals surface area contributed by atoms with Crippen molar-refractivity contribution in [3.05, 3.63) is 42.0 Å². The van der Waals surface area contributed by atoms with Gasteiger partial charge in [0.25, 0.3) is 5.91 Å². The van der Waals surface area contributed by atoms with Gasteiger partial charge in [-0.1, -0.05) is 24.3 Å². The zero-order chi connectivity index (χ0) is 31.9. The maximum absolute atomic E-state index is 14.0. The molecule has 45 heavy (non-hydrogen) atoms. The number of aryl methyl sites for hydroxylation is 1. The summed E-state index contributed by atoms with van der Waals surface area (Å²) in [6, 6.07) is 7.57. The van der Waals surface area contributed by atoms with Gasteiger partial charge in [0.1, 0.15) is 17.4 Å². The zero-order valence-corrected chi connectivity index (χ0v) is 26.9. The Balaban J connectivity index is 1.29. The van der Waals surface area contributed by atoms with Crippen molar-refractivity contribution in [2.24, 2.45) is 17.8 Å². The van der Waals surface area contributed by atoms with Crippen molar-refractivity contribution in [1.82, 2.24) is 19.9 Å². The normalized spacial score (nSPS) is 28.9. The van der Waals surface area contributed by atoms with Gasteiger partial charge in [-0.15, -0.1) is 0 Å². The number of rotatable bonds is 7. The van der Waals surface area contributed by atoms with Crippen LogP contribution in [0.4, 0.5) is 0 Å². The average molecular weight is 639 g/mol. The molecule has 3 aliphatic carbocycles. The number of hydrogen-bond donors (Lipinski definition) is 2. The zero-order valence-electron chi connectivity index (χ0n) is 26.1. The molecule has 4 aliphatic rings. The van der Waals surface area contributed by atoms with Gasteiger partial charge >= 0.3 is 0 Å². The van der Waals surface area contributed by atoms with Gasteiger partial charge in [0, 0.05) is 31.0 Å². The molecule has 0 spiro atoms. The second kappa shape index (κ2) is 12.3. The summed E-state index contributed by atoms with van der Waals surface area (Å²) in [4.78, 5) is 47.7. The van der Waals surface area contributed by atoms with E-state index in [1.54, 1.807) is 18.0 Å². The molecule has 242 valence electrons. The second-order valence-corrected chi connectivity index (χ2v) is 14.9. The summed E-state index contributed by atoms with van der Waals surface area (Å²) in [7, 11) is -2.04. The van der Waals surface area contributed by atoms with E-state index in [2.05, 4.69) is 15.0 Å². The van der Waals surface area contributed by atoms with Crippen LogP contribution in [0.5, 0.6) is 11.6 Å². The summed E-state index contributed by atoms with van der Waals surface area (Å²) < 4.78 is 39.9. The lowest BCUT2D eigenvalue weighted by Gasteiger charge is -2.26. The van der Waals surface area contributed by atoms with E-state index in [-0.39, 0.29) is 18.2 Å². The van der Waals surface area contributed by atoms with Gasteiger partial charge in [0.2, 0.25) is 27.7 Å². The third-order valence-corrected chi connectivity index (χ3v) is 11.4. The number of nitrogens with one attached hydrogen (secondary N) is 2. The maximum Gasteiger partial charge on any atom is 0.259 e. The van der Waals surface area contributed by atoms with Crippen molar-refractivity contribution in [3.8, 4) is 11.6 Å². The highest BCUT2D eigenvalue weighted by molar-refractivity contribution is 7.91. The summed E-state index contributed by atoms with van der Waals surface area (Å²) >= 11 is 0. The minimum atomic E-state index is -3.80. The molecule has 5 unspecified atom stereocenters. The highest BCUT2D eigenvalue weighted by Gasteiger charge is 2.62. The molecule has 12 heteroatoms. The molecule has 3 saturated carbocycles. The van der Waals surface area contributed by atoms with E-state index in [4.69, 9.17) is 9.47 Å². The summed E-state index contributed by atoms with van der Waals surface area (Å²) in [5.41, 5.74) is 0.351. The molecule has 11 nitrogen and oxygen atoms in total. The fourth-order valence-electron chi connectivity index (χ4n) is 6.73. The summed E-state index contributed by atoms with van der Waals surface area (Å²) in [5, 5.41) is 3.18. The molecule has 6 rings (SSSR count). The van der Waals surface area contributed by atoms with Crippen LogP contribution in [0.2, 0.25) is 0 Å². The lowest BCUT2D eigenvalue weighted by Crippen LogP contribution is -2.54. The molecular weight excluding hydrogens is 596 g/mol. The number of fused-ring (bicyclic) bond motifs is 3. The molecule has 0 bridgehead atoms. The van der Waals surface area contributed by atoms with Gasteiger partial charge in [-0.2, -0.15) is 0 Å². The Bertz CT molecular complexity index is 1640. The van der Waals surface area contributed by atoms with Crippen LogP contribution in [0.1, 0.15) is 63.9 Å². The largest absolute Gasteiger partial charge is 0.489 e. The van der Waals surface area contributed by atoms with E-state index in [1.807, 2.05) is 44.2 Å². The van der Waals surface area contributed by atoms with Gasteiger partial charge in [-0.05, 0) is 76.8 Å². The van der Waals surface area contributed by atoms with Gasteiger partial charge in [0.15, 0.2) is 0 Å². The monoisotopic (exact) mass is 638 g/mol. The molecule has 2 aromatic rings. The number of amides is 3. The van der Waals surface area contributed by atoms with Crippen molar-refractivity contribution in [1.29, 1.82) is 0 Å². The van der Waals surface area contributed by atoms with E-state index >= 15 is 0 Å². The number of carbonyl (C=O) groups excluding carboxylic acids is 3. The van der Waals surface area contributed by atoms with Crippen molar-refractivity contribution >= 4 is 38.6 Å². The van der Waals surface area contributed by atoms with Crippen LogP contribution in [0.15, 0.2) is 36.4 Å². The predicted molar refractivity (Wildman–Crippen MR) is 168 cm³/mol. The Morgan fingerprint density at radius 3 is 2.71 bits per heavy atom. The predicted octanol–water partition coefficient (Wildman–Crippen LogP) is 3.40. The number of benzene rings is 1. The summed E-state index contributed by atoms with van der Waals surface area (Å²) in [5.74, 6) is -2.04. The smallest absolute Gasteiger partial charge is 0.259 e. The highest BCUT2D eigenvalue weighted by atomic mass is 32.2. The van der Waals surface area contributed by atoms with Gasteiger partial charge < -0.3 is 19.7 Å². The molecule has 5 atom stereocenters. The van der Waals surface area contributed by atoms with E-state index in [0.29, 0.717) is 50.5 Å². The average Bonchev–Trinajstić information content (AvgIpc) is 3.92.